The first-order valence-corrected chi connectivity index (χ1v) is 7.25. The van der Waals surface area contributed by atoms with E-state index in [1.165, 1.54) is 55.7 Å². The number of anilines is 1. The Hall–Kier alpha value is -1.09. The van der Waals surface area contributed by atoms with E-state index in [2.05, 4.69) is 22.3 Å². The van der Waals surface area contributed by atoms with Crippen molar-refractivity contribution in [3.05, 3.63) is 23.4 Å². The Kier molecular flexibility index (Phi) is 3.50. The second kappa shape index (κ2) is 5.27. The zero-order valence-corrected chi connectivity index (χ0v) is 11.3. The molecule has 1 fully saturated rings. The first-order chi connectivity index (χ1) is 8.86. The van der Waals surface area contributed by atoms with Crippen molar-refractivity contribution in [2.75, 3.05) is 31.6 Å². The second-order valence-corrected chi connectivity index (χ2v) is 5.64. The van der Waals surface area contributed by atoms with Gasteiger partial charge in [-0.1, -0.05) is 6.07 Å². The van der Waals surface area contributed by atoms with E-state index < -0.39 is 0 Å². The van der Waals surface area contributed by atoms with Crippen molar-refractivity contribution in [1.29, 1.82) is 0 Å². The van der Waals surface area contributed by atoms with Crippen LogP contribution in [0.5, 0.6) is 0 Å². The maximum Gasteiger partial charge on any atom is 0.128 e. The molecule has 18 heavy (non-hydrogen) atoms. The molecule has 1 N–H and O–H groups in total. The summed E-state index contributed by atoms with van der Waals surface area (Å²) in [5.41, 5.74) is 2.82. The van der Waals surface area contributed by atoms with Crippen molar-refractivity contribution in [3.8, 4) is 0 Å². The molecule has 0 bridgehead atoms. The smallest absolute Gasteiger partial charge is 0.128 e. The van der Waals surface area contributed by atoms with E-state index in [9.17, 15) is 0 Å². The van der Waals surface area contributed by atoms with Crippen LogP contribution in [0.3, 0.4) is 0 Å². The Labute approximate surface area is 110 Å². The molecular formula is C15H23N3. The van der Waals surface area contributed by atoms with Crippen LogP contribution in [0.2, 0.25) is 0 Å². The molecule has 3 rings (SSSR count). The second-order valence-electron chi connectivity index (χ2n) is 5.64. The van der Waals surface area contributed by atoms with Crippen molar-refractivity contribution >= 4 is 5.82 Å². The van der Waals surface area contributed by atoms with E-state index in [4.69, 9.17) is 4.98 Å². The van der Waals surface area contributed by atoms with Crippen LogP contribution >= 0.6 is 0 Å². The van der Waals surface area contributed by atoms with Gasteiger partial charge in [0.1, 0.15) is 5.82 Å². The van der Waals surface area contributed by atoms with Crippen LogP contribution in [-0.2, 0) is 12.8 Å². The maximum absolute atomic E-state index is 4.88. The molecule has 1 unspecified atom stereocenters. The lowest BCUT2D eigenvalue weighted by Gasteiger charge is -2.33. The number of piperidine rings is 1. The van der Waals surface area contributed by atoms with Crippen molar-refractivity contribution in [2.45, 2.75) is 32.1 Å². The maximum atomic E-state index is 4.88. The summed E-state index contributed by atoms with van der Waals surface area (Å²) in [5, 5.41) is 3.30. The zero-order valence-electron chi connectivity index (χ0n) is 11.3. The van der Waals surface area contributed by atoms with E-state index in [1.54, 1.807) is 0 Å². The lowest BCUT2D eigenvalue weighted by Crippen LogP contribution is -2.39. The number of hydrogen-bond donors (Lipinski definition) is 1. The van der Waals surface area contributed by atoms with Gasteiger partial charge in [0, 0.05) is 18.8 Å². The highest BCUT2D eigenvalue weighted by atomic mass is 15.2. The lowest BCUT2D eigenvalue weighted by molar-refractivity contribution is 0.401. The molecule has 0 spiro atoms. The SMILES string of the molecule is CNCC1CCCN(c2ccc3c(n2)CCC3)C1. The van der Waals surface area contributed by atoms with E-state index in [0.717, 1.165) is 19.0 Å². The summed E-state index contributed by atoms with van der Waals surface area (Å²) in [5.74, 6) is 1.98. The summed E-state index contributed by atoms with van der Waals surface area (Å²) in [4.78, 5) is 7.35. The van der Waals surface area contributed by atoms with Crippen LogP contribution in [-0.4, -0.2) is 31.7 Å². The summed E-state index contributed by atoms with van der Waals surface area (Å²) in [6.07, 6.45) is 6.34. The summed E-state index contributed by atoms with van der Waals surface area (Å²) in [6, 6.07) is 4.53. The van der Waals surface area contributed by atoms with Gasteiger partial charge < -0.3 is 10.2 Å². The Morgan fingerprint density at radius 3 is 3.17 bits per heavy atom. The van der Waals surface area contributed by atoms with Gasteiger partial charge in [0.25, 0.3) is 0 Å². The lowest BCUT2D eigenvalue weighted by atomic mass is 9.98. The van der Waals surface area contributed by atoms with Gasteiger partial charge in [-0.15, -0.1) is 0 Å². The summed E-state index contributed by atoms with van der Waals surface area (Å²) in [6.45, 7) is 3.46. The van der Waals surface area contributed by atoms with Gasteiger partial charge in [-0.2, -0.15) is 0 Å². The zero-order chi connectivity index (χ0) is 12.4. The molecule has 1 aliphatic carbocycles. The van der Waals surface area contributed by atoms with Crippen LogP contribution in [0.25, 0.3) is 0 Å². The van der Waals surface area contributed by atoms with Crippen molar-refractivity contribution in [1.82, 2.24) is 10.3 Å². The van der Waals surface area contributed by atoms with Crippen LogP contribution in [0.4, 0.5) is 5.82 Å². The summed E-state index contributed by atoms with van der Waals surface area (Å²) in [7, 11) is 2.05. The number of rotatable bonds is 3. The fourth-order valence-corrected chi connectivity index (χ4v) is 3.31. The molecule has 3 nitrogen and oxygen atoms in total. The number of aryl methyl sites for hydroxylation is 2. The fraction of sp³-hybridized carbons (Fsp3) is 0.667. The van der Waals surface area contributed by atoms with Gasteiger partial charge in [0.15, 0.2) is 0 Å². The monoisotopic (exact) mass is 245 g/mol. The van der Waals surface area contributed by atoms with Crippen LogP contribution in [0, 0.1) is 5.92 Å². The molecule has 1 atom stereocenters. The van der Waals surface area contributed by atoms with Crippen LogP contribution in [0.15, 0.2) is 12.1 Å². The Morgan fingerprint density at radius 2 is 2.28 bits per heavy atom. The summed E-state index contributed by atoms with van der Waals surface area (Å²) >= 11 is 0. The number of nitrogens with zero attached hydrogens (tertiary/aromatic N) is 2. The standard InChI is InChI=1S/C15H23N3/c1-16-10-12-4-3-9-18(11-12)15-8-7-13-5-2-6-14(13)17-15/h7-8,12,16H,2-6,9-11H2,1H3. The predicted molar refractivity (Wildman–Crippen MR) is 75.1 cm³/mol. The first kappa shape index (κ1) is 12.0. The molecule has 98 valence electrons. The molecule has 2 aliphatic rings. The normalized spacial score (nSPS) is 23.2. The van der Waals surface area contributed by atoms with E-state index in [0.29, 0.717) is 0 Å². The van der Waals surface area contributed by atoms with Crippen molar-refractivity contribution < 1.29 is 0 Å². The molecule has 0 aromatic carbocycles. The average Bonchev–Trinajstić information content (AvgIpc) is 2.86. The highest BCUT2D eigenvalue weighted by Crippen LogP contribution is 2.26. The molecular weight excluding hydrogens is 222 g/mol. The average molecular weight is 245 g/mol. The van der Waals surface area contributed by atoms with Gasteiger partial charge in [-0.3, -0.25) is 0 Å². The minimum atomic E-state index is 0.777. The third-order valence-corrected chi connectivity index (χ3v) is 4.25. The van der Waals surface area contributed by atoms with Gasteiger partial charge >= 0.3 is 0 Å². The van der Waals surface area contributed by atoms with Crippen LogP contribution in [0.1, 0.15) is 30.5 Å². The predicted octanol–water partition coefficient (Wildman–Crippen LogP) is 2.01. The largest absolute Gasteiger partial charge is 0.356 e. The molecule has 1 aliphatic heterocycles. The fourth-order valence-electron chi connectivity index (χ4n) is 3.31. The minimum Gasteiger partial charge on any atom is -0.356 e. The number of fused-ring (bicyclic) bond motifs is 1. The van der Waals surface area contributed by atoms with Gasteiger partial charge in [-0.05, 0) is 63.2 Å². The Bertz CT molecular complexity index is 414. The number of nitrogens with one attached hydrogen (secondary N) is 1. The van der Waals surface area contributed by atoms with Crippen molar-refractivity contribution in [2.24, 2.45) is 5.92 Å². The van der Waals surface area contributed by atoms with Gasteiger partial charge in [-0.25, -0.2) is 4.98 Å². The Morgan fingerprint density at radius 1 is 1.33 bits per heavy atom. The molecule has 3 heteroatoms. The quantitative estimate of drug-likeness (QED) is 0.883. The number of aromatic nitrogens is 1. The molecule has 1 saturated heterocycles. The van der Waals surface area contributed by atoms with E-state index in [1.807, 2.05) is 7.05 Å². The molecule has 0 radical (unpaired) electrons. The van der Waals surface area contributed by atoms with E-state index >= 15 is 0 Å². The highest BCUT2D eigenvalue weighted by Gasteiger charge is 2.21. The number of pyridine rings is 1. The van der Waals surface area contributed by atoms with Crippen molar-refractivity contribution in [3.63, 3.8) is 0 Å². The summed E-state index contributed by atoms with van der Waals surface area (Å²) < 4.78 is 0. The first-order valence-electron chi connectivity index (χ1n) is 7.25. The van der Waals surface area contributed by atoms with Crippen LogP contribution < -0.4 is 10.2 Å². The topological polar surface area (TPSA) is 28.2 Å². The van der Waals surface area contributed by atoms with E-state index in [-0.39, 0.29) is 0 Å². The van der Waals surface area contributed by atoms with Gasteiger partial charge in [0.2, 0.25) is 0 Å². The third kappa shape index (κ3) is 2.37. The molecule has 1 aromatic heterocycles. The third-order valence-electron chi connectivity index (χ3n) is 4.25. The minimum absolute atomic E-state index is 0.777. The highest BCUT2D eigenvalue weighted by molar-refractivity contribution is 5.43. The number of hydrogen-bond acceptors (Lipinski definition) is 3. The molecule has 0 saturated carbocycles. The molecule has 1 aromatic rings. The molecule has 0 amide bonds. The van der Waals surface area contributed by atoms with Gasteiger partial charge in [0.05, 0.1) is 0 Å². The molecule has 2 heterocycles. The Balaban J connectivity index is 1.73.